The van der Waals surface area contributed by atoms with Gasteiger partial charge < -0.3 is 14.4 Å². The molecule has 2 amide bonds. The van der Waals surface area contributed by atoms with Gasteiger partial charge in [-0.2, -0.15) is 0 Å². The maximum Gasteiger partial charge on any atom is 0.410 e. The molecule has 1 aliphatic heterocycles. The van der Waals surface area contributed by atoms with E-state index in [0.717, 1.165) is 10.6 Å². The number of hydrogen-bond acceptors (Lipinski definition) is 6. The van der Waals surface area contributed by atoms with Crippen molar-refractivity contribution >= 4 is 18.0 Å². The van der Waals surface area contributed by atoms with Crippen LogP contribution in [0, 0.1) is 5.41 Å². The molecule has 8 nitrogen and oxygen atoms in total. The van der Waals surface area contributed by atoms with Crippen LogP contribution in [-0.4, -0.2) is 60.8 Å². The molecule has 0 atom stereocenters. The van der Waals surface area contributed by atoms with Crippen molar-refractivity contribution in [1.82, 2.24) is 9.96 Å². The highest BCUT2D eigenvalue weighted by Gasteiger charge is 2.46. The Hall–Kier alpha value is -2.61. The number of carbonyl (C=O) groups is 3. The van der Waals surface area contributed by atoms with Gasteiger partial charge in [0, 0.05) is 20.1 Å². The normalized spacial score (nSPS) is 16.0. The zero-order chi connectivity index (χ0) is 22.4. The summed E-state index contributed by atoms with van der Waals surface area (Å²) in [4.78, 5) is 44.6. The van der Waals surface area contributed by atoms with Crippen LogP contribution in [0.4, 0.5) is 4.79 Å². The molecule has 1 aromatic rings. The number of carbonyl (C=O) groups excluding carboxylic acids is 3. The Kier molecular flexibility index (Phi) is 7.83. The van der Waals surface area contributed by atoms with Crippen LogP contribution in [0.15, 0.2) is 30.3 Å². The van der Waals surface area contributed by atoms with E-state index in [1.165, 1.54) is 14.2 Å². The van der Waals surface area contributed by atoms with Crippen molar-refractivity contribution < 1.29 is 28.7 Å². The summed E-state index contributed by atoms with van der Waals surface area (Å²) in [5.74, 6) is -0.742. The van der Waals surface area contributed by atoms with E-state index < -0.39 is 23.1 Å². The van der Waals surface area contributed by atoms with Gasteiger partial charge >= 0.3 is 12.1 Å². The van der Waals surface area contributed by atoms with Crippen LogP contribution >= 0.6 is 0 Å². The average molecular weight is 421 g/mol. The second-order valence-corrected chi connectivity index (χ2v) is 8.56. The number of esters is 1. The number of amides is 2. The predicted molar refractivity (Wildman–Crippen MR) is 110 cm³/mol. The van der Waals surface area contributed by atoms with Gasteiger partial charge in [0.25, 0.3) is 5.91 Å². The molecule has 1 fully saturated rings. The molecule has 0 unspecified atom stereocenters. The van der Waals surface area contributed by atoms with E-state index in [2.05, 4.69) is 0 Å². The third kappa shape index (κ3) is 6.45. The molecule has 0 N–H and O–H groups in total. The zero-order valence-corrected chi connectivity index (χ0v) is 18.5. The van der Waals surface area contributed by atoms with Gasteiger partial charge in [0.1, 0.15) is 12.2 Å². The number of ether oxygens (including phenoxy) is 2. The van der Waals surface area contributed by atoms with E-state index in [1.54, 1.807) is 25.7 Å². The Morgan fingerprint density at radius 3 is 2.23 bits per heavy atom. The summed E-state index contributed by atoms with van der Waals surface area (Å²) in [6.45, 7) is 6.15. The molecule has 0 spiro atoms. The number of hydroxylamine groups is 2. The summed E-state index contributed by atoms with van der Waals surface area (Å²) >= 11 is 0. The lowest BCUT2D eigenvalue weighted by molar-refractivity contribution is -0.187. The highest BCUT2D eigenvalue weighted by atomic mass is 16.7. The first kappa shape index (κ1) is 23.7. The topological polar surface area (TPSA) is 85.4 Å². The first-order chi connectivity index (χ1) is 14.1. The van der Waals surface area contributed by atoms with Crippen molar-refractivity contribution in [2.24, 2.45) is 5.41 Å². The maximum atomic E-state index is 13.0. The molecule has 0 aliphatic carbocycles. The van der Waals surface area contributed by atoms with Gasteiger partial charge in [-0.25, -0.2) is 9.86 Å². The zero-order valence-electron chi connectivity index (χ0n) is 18.5. The van der Waals surface area contributed by atoms with Crippen LogP contribution in [0.1, 0.15) is 45.6 Å². The molecule has 0 saturated carbocycles. The molecule has 0 radical (unpaired) electrons. The minimum absolute atomic E-state index is 0.0658. The van der Waals surface area contributed by atoms with Crippen molar-refractivity contribution in [3.8, 4) is 0 Å². The summed E-state index contributed by atoms with van der Waals surface area (Å²) in [6.07, 6.45) is 0.138. The van der Waals surface area contributed by atoms with Crippen molar-refractivity contribution in [3.05, 3.63) is 35.9 Å². The Labute approximate surface area is 178 Å². The fourth-order valence-corrected chi connectivity index (χ4v) is 3.46. The van der Waals surface area contributed by atoms with Crippen molar-refractivity contribution in [1.29, 1.82) is 0 Å². The minimum atomic E-state index is -0.983. The number of benzene rings is 1. The molecule has 1 aliphatic rings. The van der Waals surface area contributed by atoms with Crippen molar-refractivity contribution in [3.63, 3.8) is 0 Å². The number of rotatable bonds is 6. The SMILES string of the molecule is CON(C)C(=O)C1(CC(=O)OC(C)(C)C)CCN(C(=O)OCc2ccccc2)CC1. The molecule has 0 bridgehead atoms. The van der Waals surface area contributed by atoms with E-state index in [-0.39, 0.29) is 18.9 Å². The maximum absolute atomic E-state index is 13.0. The Morgan fingerprint density at radius 2 is 1.70 bits per heavy atom. The van der Waals surface area contributed by atoms with Gasteiger partial charge in [0.05, 0.1) is 18.9 Å². The minimum Gasteiger partial charge on any atom is -0.460 e. The fraction of sp³-hybridized carbons (Fsp3) is 0.591. The second kappa shape index (κ2) is 9.93. The van der Waals surface area contributed by atoms with Gasteiger partial charge in [0.2, 0.25) is 0 Å². The molecular weight excluding hydrogens is 388 g/mol. The summed E-state index contributed by atoms with van der Waals surface area (Å²) in [5.41, 5.74) is -0.723. The molecule has 1 aromatic carbocycles. The molecule has 0 aromatic heterocycles. The smallest absolute Gasteiger partial charge is 0.410 e. The van der Waals surface area contributed by atoms with Gasteiger partial charge in [-0.05, 0) is 39.2 Å². The number of likely N-dealkylation sites (tertiary alicyclic amines) is 1. The molecule has 1 saturated heterocycles. The third-order valence-electron chi connectivity index (χ3n) is 5.10. The highest BCUT2D eigenvalue weighted by Crippen LogP contribution is 2.38. The monoisotopic (exact) mass is 420 g/mol. The standard InChI is InChI=1S/C22H32N2O6/c1-21(2,3)30-18(25)15-22(19(26)23(4)28-5)11-13-24(14-12-22)20(27)29-16-17-9-7-6-8-10-17/h6-10H,11-16H2,1-5H3. The van der Waals surface area contributed by atoms with Gasteiger partial charge in [0.15, 0.2) is 0 Å². The molecule has 2 rings (SSSR count). The first-order valence-electron chi connectivity index (χ1n) is 10.1. The summed E-state index contributed by atoms with van der Waals surface area (Å²) in [6, 6.07) is 9.43. The average Bonchev–Trinajstić information content (AvgIpc) is 2.70. The summed E-state index contributed by atoms with van der Waals surface area (Å²) in [7, 11) is 2.91. The largest absolute Gasteiger partial charge is 0.460 e. The van der Waals surface area contributed by atoms with Crippen LogP contribution in [0.2, 0.25) is 0 Å². The summed E-state index contributed by atoms with van der Waals surface area (Å²) < 4.78 is 10.8. The van der Waals surface area contributed by atoms with Gasteiger partial charge in [-0.1, -0.05) is 30.3 Å². The summed E-state index contributed by atoms with van der Waals surface area (Å²) in [5, 5.41) is 1.13. The molecule has 8 heteroatoms. The lowest BCUT2D eigenvalue weighted by atomic mass is 9.74. The lowest BCUT2D eigenvalue weighted by Crippen LogP contribution is -2.51. The molecular formula is C22H32N2O6. The lowest BCUT2D eigenvalue weighted by Gasteiger charge is -2.41. The fourth-order valence-electron chi connectivity index (χ4n) is 3.46. The number of piperidine rings is 1. The Morgan fingerprint density at radius 1 is 1.10 bits per heavy atom. The van der Waals surface area contributed by atoms with Crippen LogP contribution in [-0.2, 0) is 30.5 Å². The number of hydrogen-bond donors (Lipinski definition) is 0. The molecule has 30 heavy (non-hydrogen) atoms. The Balaban J connectivity index is 2.02. The van der Waals surface area contributed by atoms with E-state index in [9.17, 15) is 14.4 Å². The highest BCUT2D eigenvalue weighted by molar-refractivity contribution is 5.87. The van der Waals surface area contributed by atoms with Crippen molar-refractivity contribution in [2.45, 2.75) is 52.2 Å². The van der Waals surface area contributed by atoms with Gasteiger partial charge in [-0.15, -0.1) is 0 Å². The van der Waals surface area contributed by atoms with Crippen molar-refractivity contribution in [2.75, 3.05) is 27.2 Å². The van der Waals surface area contributed by atoms with Crippen LogP contribution in [0.3, 0.4) is 0 Å². The van der Waals surface area contributed by atoms with E-state index in [1.807, 2.05) is 30.3 Å². The molecule has 166 valence electrons. The first-order valence-corrected chi connectivity index (χ1v) is 10.1. The van der Waals surface area contributed by atoms with E-state index in [0.29, 0.717) is 25.9 Å². The Bertz CT molecular complexity index is 736. The third-order valence-corrected chi connectivity index (χ3v) is 5.10. The van der Waals surface area contributed by atoms with Crippen LogP contribution < -0.4 is 0 Å². The van der Waals surface area contributed by atoms with Crippen LogP contribution in [0.25, 0.3) is 0 Å². The predicted octanol–water partition coefficient (Wildman–Crippen LogP) is 3.16. The van der Waals surface area contributed by atoms with E-state index >= 15 is 0 Å². The quantitative estimate of drug-likeness (QED) is 0.519. The van der Waals surface area contributed by atoms with Gasteiger partial charge in [-0.3, -0.25) is 14.4 Å². The second-order valence-electron chi connectivity index (χ2n) is 8.56. The van der Waals surface area contributed by atoms with E-state index in [4.69, 9.17) is 14.3 Å². The number of nitrogens with zero attached hydrogens (tertiary/aromatic N) is 2. The molecule has 1 heterocycles. The van der Waals surface area contributed by atoms with Crippen LogP contribution in [0.5, 0.6) is 0 Å².